The number of ether oxygens (including phenoxy) is 3. The minimum absolute atomic E-state index is 0.197. The second-order valence-electron chi connectivity index (χ2n) is 3.51. The lowest BCUT2D eigenvalue weighted by Crippen LogP contribution is -2.24. The Morgan fingerprint density at radius 2 is 2.12 bits per heavy atom. The standard InChI is InChI=1S/C11H14O5/c1-14-10(5-12)11(13)7-2-3-8-9(4-7)16-6-15-8/h2-4,10-13H,5-6H2,1H3. The van der Waals surface area contributed by atoms with E-state index in [0.29, 0.717) is 17.1 Å². The molecule has 0 spiro atoms. The van der Waals surface area contributed by atoms with E-state index in [0.717, 1.165) is 0 Å². The molecule has 1 aromatic carbocycles. The summed E-state index contributed by atoms with van der Waals surface area (Å²) in [4.78, 5) is 0. The Morgan fingerprint density at radius 3 is 2.81 bits per heavy atom. The van der Waals surface area contributed by atoms with Crippen LogP contribution in [-0.2, 0) is 4.74 Å². The van der Waals surface area contributed by atoms with Crippen molar-refractivity contribution in [2.45, 2.75) is 12.2 Å². The molecule has 2 atom stereocenters. The highest BCUT2D eigenvalue weighted by atomic mass is 16.7. The zero-order valence-corrected chi connectivity index (χ0v) is 8.92. The Kier molecular flexibility index (Phi) is 3.28. The predicted molar refractivity (Wildman–Crippen MR) is 55.4 cm³/mol. The van der Waals surface area contributed by atoms with Gasteiger partial charge in [0, 0.05) is 7.11 Å². The Bertz CT molecular complexity index is 361. The topological polar surface area (TPSA) is 68.2 Å². The molecule has 1 heterocycles. The highest BCUT2D eigenvalue weighted by Crippen LogP contribution is 2.34. The molecule has 88 valence electrons. The number of benzene rings is 1. The number of hydrogen-bond acceptors (Lipinski definition) is 5. The molecule has 0 aliphatic carbocycles. The number of aliphatic hydroxyl groups is 2. The molecule has 0 bridgehead atoms. The average Bonchev–Trinajstić information content (AvgIpc) is 2.77. The fraction of sp³-hybridized carbons (Fsp3) is 0.455. The first-order chi connectivity index (χ1) is 7.76. The van der Waals surface area contributed by atoms with E-state index in [-0.39, 0.29) is 13.4 Å². The molecule has 0 saturated carbocycles. The summed E-state index contributed by atoms with van der Waals surface area (Å²) in [5.41, 5.74) is 0.630. The van der Waals surface area contributed by atoms with Gasteiger partial charge in [-0.2, -0.15) is 0 Å². The van der Waals surface area contributed by atoms with Crippen LogP contribution < -0.4 is 9.47 Å². The van der Waals surface area contributed by atoms with Gasteiger partial charge in [0.2, 0.25) is 6.79 Å². The van der Waals surface area contributed by atoms with Gasteiger partial charge >= 0.3 is 0 Å². The second kappa shape index (κ2) is 4.69. The summed E-state index contributed by atoms with van der Waals surface area (Å²) >= 11 is 0. The molecule has 16 heavy (non-hydrogen) atoms. The van der Waals surface area contributed by atoms with E-state index in [9.17, 15) is 5.11 Å². The number of hydrogen-bond donors (Lipinski definition) is 2. The molecule has 1 aliphatic rings. The zero-order valence-electron chi connectivity index (χ0n) is 8.92. The summed E-state index contributed by atoms with van der Waals surface area (Å²) in [6.45, 7) is -0.0469. The largest absolute Gasteiger partial charge is 0.454 e. The van der Waals surface area contributed by atoms with Crippen LogP contribution in [0.25, 0.3) is 0 Å². The quantitative estimate of drug-likeness (QED) is 0.780. The van der Waals surface area contributed by atoms with Crippen LogP contribution in [0, 0.1) is 0 Å². The highest BCUT2D eigenvalue weighted by Gasteiger charge is 2.22. The summed E-state index contributed by atoms with van der Waals surface area (Å²) in [7, 11) is 1.44. The van der Waals surface area contributed by atoms with Gasteiger partial charge in [-0.25, -0.2) is 0 Å². The van der Waals surface area contributed by atoms with Crippen molar-refractivity contribution < 1.29 is 24.4 Å². The van der Waals surface area contributed by atoms with Crippen molar-refractivity contribution in [2.24, 2.45) is 0 Å². The first kappa shape index (κ1) is 11.2. The van der Waals surface area contributed by atoms with Crippen LogP contribution in [0.4, 0.5) is 0 Å². The van der Waals surface area contributed by atoms with Crippen LogP contribution in [0.3, 0.4) is 0 Å². The van der Waals surface area contributed by atoms with Crippen LogP contribution in [0.5, 0.6) is 11.5 Å². The lowest BCUT2D eigenvalue weighted by atomic mass is 10.0. The monoisotopic (exact) mass is 226 g/mol. The van der Waals surface area contributed by atoms with Crippen LogP contribution >= 0.6 is 0 Å². The van der Waals surface area contributed by atoms with Gasteiger partial charge in [0.25, 0.3) is 0 Å². The third-order valence-electron chi connectivity index (χ3n) is 2.57. The summed E-state index contributed by atoms with van der Waals surface area (Å²) in [5, 5.41) is 18.9. The molecule has 2 unspecified atom stereocenters. The third kappa shape index (κ3) is 1.97. The van der Waals surface area contributed by atoms with E-state index in [4.69, 9.17) is 19.3 Å². The van der Waals surface area contributed by atoms with E-state index >= 15 is 0 Å². The summed E-state index contributed by atoms with van der Waals surface area (Å²) in [5.74, 6) is 1.26. The van der Waals surface area contributed by atoms with Gasteiger partial charge in [0.15, 0.2) is 11.5 Å². The number of rotatable bonds is 4. The first-order valence-electron chi connectivity index (χ1n) is 4.97. The molecule has 1 aromatic rings. The summed E-state index contributed by atoms with van der Waals surface area (Å²) in [6.07, 6.45) is -1.52. The van der Waals surface area contributed by atoms with Gasteiger partial charge in [-0.05, 0) is 17.7 Å². The van der Waals surface area contributed by atoms with Gasteiger partial charge in [-0.15, -0.1) is 0 Å². The Morgan fingerprint density at radius 1 is 1.38 bits per heavy atom. The predicted octanol–water partition coefficient (Wildman–Crippen LogP) is 0.456. The zero-order chi connectivity index (χ0) is 11.5. The number of fused-ring (bicyclic) bond motifs is 1. The molecule has 5 heteroatoms. The molecule has 0 amide bonds. The van der Waals surface area contributed by atoms with E-state index < -0.39 is 12.2 Å². The van der Waals surface area contributed by atoms with Crippen molar-refractivity contribution in [3.8, 4) is 11.5 Å². The fourth-order valence-corrected chi connectivity index (χ4v) is 1.62. The Balaban J connectivity index is 2.20. The lowest BCUT2D eigenvalue weighted by Gasteiger charge is -2.19. The van der Waals surface area contributed by atoms with Crippen LogP contribution in [0.15, 0.2) is 18.2 Å². The molecular formula is C11H14O5. The first-order valence-corrected chi connectivity index (χ1v) is 4.97. The maximum absolute atomic E-state index is 9.93. The fourth-order valence-electron chi connectivity index (χ4n) is 1.62. The third-order valence-corrected chi connectivity index (χ3v) is 2.57. The van der Waals surface area contributed by atoms with E-state index in [1.165, 1.54) is 7.11 Å². The van der Waals surface area contributed by atoms with E-state index in [2.05, 4.69) is 0 Å². The summed E-state index contributed by atoms with van der Waals surface area (Å²) < 4.78 is 15.3. The molecule has 1 aliphatic heterocycles. The molecule has 5 nitrogen and oxygen atoms in total. The average molecular weight is 226 g/mol. The number of aliphatic hydroxyl groups excluding tert-OH is 2. The maximum Gasteiger partial charge on any atom is 0.231 e. The second-order valence-corrected chi connectivity index (χ2v) is 3.51. The van der Waals surface area contributed by atoms with Crippen molar-refractivity contribution in [3.05, 3.63) is 23.8 Å². The van der Waals surface area contributed by atoms with Crippen molar-refractivity contribution in [1.82, 2.24) is 0 Å². The van der Waals surface area contributed by atoms with E-state index in [1.807, 2.05) is 0 Å². The minimum atomic E-state index is -0.885. The summed E-state index contributed by atoms with van der Waals surface area (Å²) in [6, 6.07) is 5.14. The normalized spacial score (nSPS) is 17.2. The Labute approximate surface area is 93.2 Å². The smallest absolute Gasteiger partial charge is 0.231 e. The van der Waals surface area contributed by atoms with Gasteiger partial charge in [0.1, 0.15) is 12.2 Å². The minimum Gasteiger partial charge on any atom is -0.454 e. The Hall–Kier alpha value is -1.30. The molecular weight excluding hydrogens is 212 g/mol. The molecule has 0 radical (unpaired) electrons. The van der Waals surface area contributed by atoms with Gasteiger partial charge in [0.05, 0.1) is 6.61 Å². The SMILES string of the molecule is COC(CO)C(O)c1ccc2c(c1)OCO2. The molecule has 2 rings (SSSR count). The van der Waals surface area contributed by atoms with Crippen LogP contribution in [-0.4, -0.2) is 36.8 Å². The van der Waals surface area contributed by atoms with Crippen LogP contribution in [0.1, 0.15) is 11.7 Å². The van der Waals surface area contributed by atoms with Gasteiger partial charge in [-0.3, -0.25) is 0 Å². The molecule has 0 fully saturated rings. The van der Waals surface area contributed by atoms with Crippen molar-refractivity contribution in [3.63, 3.8) is 0 Å². The van der Waals surface area contributed by atoms with Gasteiger partial charge < -0.3 is 24.4 Å². The lowest BCUT2D eigenvalue weighted by molar-refractivity contribution is -0.0424. The number of methoxy groups -OCH3 is 1. The van der Waals surface area contributed by atoms with Crippen molar-refractivity contribution in [1.29, 1.82) is 0 Å². The molecule has 0 saturated heterocycles. The van der Waals surface area contributed by atoms with Crippen molar-refractivity contribution >= 4 is 0 Å². The van der Waals surface area contributed by atoms with E-state index in [1.54, 1.807) is 18.2 Å². The highest BCUT2D eigenvalue weighted by molar-refractivity contribution is 5.45. The van der Waals surface area contributed by atoms with Gasteiger partial charge in [-0.1, -0.05) is 6.07 Å². The maximum atomic E-state index is 9.93. The van der Waals surface area contributed by atoms with Crippen molar-refractivity contribution in [2.75, 3.05) is 20.5 Å². The van der Waals surface area contributed by atoms with Crippen LogP contribution in [0.2, 0.25) is 0 Å². The molecule has 2 N–H and O–H groups in total. The molecule has 0 aromatic heterocycles.